The van der Waals surface area contributed by atoms with Gasteiger partial charge in [-0.2, -0.15) is 5.10 Å². The Balaban J connectivity index is 1.53. The van der Waals surface area contributed by atoms with Crippen LogP contribution in [0.5, 0.6) is 5.75 Å². The van der Waals surface area contributed by atoms with Gasteiger partial charge in [0.05, 0.1) is 16.8 Å². The highest BCUT2D eigenvalue weighted by Crippen LogP contribution is 2.19. The number of ether oxygens (including phenoxy) is 1. The number of hydrogen-bond donors (Lipinski definition) is 2. The van der Waals surface area contributed by atoms with E-state index in [1.165, 1.54) is 6.21 Å². The maximum atomic E-state index is 12.2. The van der Waals surface area contributed by atoms with Gasteiger partial charge in [-0.3, -0.25) is 9.59 Å². The molecule has 0 unspecified atom stereocenters. The van der Waals surface area contributed by atoms with Gasteiger partial charge in [0.2, 0.25) is 0 Å². The molecule has 0 saturated carbocycles. The molecule has 0 spiro atoms. The number of rotatable bonds is 5. The van der Waals surface area contributed by atoms with E-state index in [4.69, 9.17) is 16.3 Å². The van der Waals surface area contributed by atoms with Crippen LogP contribution in [0.1, 0.15) is 21.5 Å². The van der Waals surface area contributed by atoms with Gasteiger partial charge in [0.15, 0.2) is 0 Å². The van der Waals surface area contributed by atoms with Crippen LogP contribution in [0.3, 0.4) is 0 Å². The molecule has 0 aliphatic rings. The number of amides is 2. The summed E-state index contributed by atoms with van der Waals surface area (Å²) in [6, 6.07) is 20.1. The van der Waals surface area contributed by atoms with E-state index in [9.17, 15) is 14.4 Å². The van der Waals surface area contributed by atoms with Crippen molar-refractivity contribution in [3.8, 4) is 5.75 Å². The van der Waals surface area contributed by atoms with Crippen LogP contribution in [-0.4, -0.2) is 24.0 Å². The summed E-state index contributed by atoms with van der Waals surface area (Å²) in [5.74, 6) is -1.97. The van der Waals surface area contributed by atoms with Crippen LogP contribution >= 0.6 is 11.6 Å². The summed E-state index contributed by atoms with van der Waals surface area (Å²) in [7, 11) is 0. The fraction of sp³-hybridized carbons (Fsp3) is 0.0435. The molecule has 0 bridgehead atoms. The van der Waals surface area contributed by atoms with Crippen molar-refractivity contribution in [2.75, 3.05) is 5.32 Å². The second-order valence-corrected chi connectivity index (χ2v) is 6.81. The smallest absolute Gasteiger partial charge is 0.345 e. The van der Waals surface area contributed by atoms with Crippen LogP contribution in [0.4, 0.5) is 5.69 Å². The van der Waals surface area contributed by atoms with Crippen molar-refractivity contribution < 1.29 is 19.1 Å². The Labute approximate surface area is 183 Å². The van der Waals surface area contributed by atoms with Gasteiger partial charge in [-0.05, 0) is 60.5 Å². The number of hydrogen-bond acceptors (Lipinski definition) is 5. The number of aryl methyl sites for hydroxylation is 1. The molecule has 31 heavy (non-hydrogen) atoms. The van der Waals surface area contributed by atoms with E-state index < -0.39 is 17.8 Å². The van der Waals surface area contributed by atoms with Crippen LogP contribution in [0.15, 0.2) is 77.9 Å². The molecular weight excluding hydrogens is 418 g/mol. The summed E-state index contributed by atoms with van der Waals surface area (Å²) in [5.41, 5.74) is 4.44. The summed E-state index contributed by atoms with van der Waals surface area (Å²) in [6.45, 7) is 1.82. The minimum Gasteiger partial charge on any atom is -0.423 e. The number of carbonyl (C=O) groups excluding carboxylic acids is 3. The highest BCUT2D eigenvalue weighted by molar-refractivity contribution is 6.39. The van der Waals surface area contributed by atoms with Crippen LogP contribution < -0.4 is 15.5 Å². The first-order valence-corrected chi connectivity index (χ1v) is 9.58. The zero-order chi connectivity index (χ0) is 22.2. The second-order valence-electron chi connectivity index (χ2n) is 6.41. The van der Waals surface area contributed by atoms with Gasteiger partial charge < -0.3 is 10.1 Å². The Morgan fingerprint density at radius 2 is 1.58 bits per heavy atom. The molecule has 156 valence electrons. The Bertz CT molecular complexity index is 1140. The highest BCUT2D eigenvalue weighted by atomic mass is 35.5. The number of anilines is 1. The first kappa shape index (κ1) is 21.7. The van der Waals surface area contributed by atoms with Crippen LogP contribution in [0.25, 0.3) is 0 Å². The zero-order valence-corrected chi connectivity index (χ0v) is 17.2. The zero-order valence-electron chi connectivity index (χ0n) is 16.5. The van der Waals surface area contributed by atoms with Crippen LogP contribution in [0, 0.1) is 6.92 Å². The standard InChI is InChI=1S/C23H18ClN3O4/c1-15-6-2-5-9-20(15)26-21(28)22(29)27-25-14-16-10-12-17(13-11-16)31-23(30)18-7-3-4-8-19(18)24/h2-14H,1H3,(H,26,28)(H,27,29)/b25-14+. The summed E-state index contributed by atoms with van der Waals surface area (Å²) in [6.07, 6.45) is 1.36. The predicted molar refractivity (Wildman–Crippen MR) is 118 cm³/mol. The molecule has 0 aromatic heterocycles. The number of halogens is 1. The van der Waals surface area contributed by atoms with E-state index in [0.717, 1.165) is 5.56 Å². The maximum Gasteiger partial charge on any atom is 0.345 e. The van der Waals surface area contributed by atoms with E-state index in [1.807, 2.05) is 19.1 Å². The fourth-order valence-corrected chi connectivity index (χ4v) is 2.73. The van der Waals surface area contributed by atoms with Crippen molar-refractivity contribution in [3.63, 3.8) is 0 Å². The van der Waals surface area contributed by atoms with Gasteiger partial charge in [0.25, 0.3) is 0 Å². The Kier molecular flexibility index (Phi) is 7.13. The summed E-state index contributed by atoms with van der Waals surface area (Å²) < 4.78 is 5.29. The Hall–Kier alpha value is -3.97. The van der Waals surface area contributed by atoms with Crippen LogP contribution in [-0.2, 0) is 9.59 Å². The van der Waals surface area contributed by atoms with Crippen molar-refractivity contribution >= 4 is 41.3 Å². The molecule has 0 fully saturated rings. The number of nitrogens with zero attached hydrogens (tertiary/aromatic N) is 1. The highest BCUT2D eigenvalue weighted by Gasteiger charge is 2.14. The monoisotopic (exact) mass is 435 g/mol. The largest absolute Gasteiger partial charge is 0.423 e. The van der Waals surface area contributed by atoms with E-state index in [-0.39, 0.29) is 5.56 Å². The Morgan fingerprint density at radius 3 is 2.29 bits per heavy atom. The minimum absolute atomic E-state index is 0.265. The van der Waals surface area contributed by atoms with Gasteiger partial charge in [-0.25, -0.2) is 10.2 Å². The van der Waals surface area contributed by atoms with E-state index in [1.54, 1.807) is 60.7 Å². The third kappa shape index (κ3) is 6.01. The molecule has 3 rings (SSSR count). The number of nitrogens with one attached hydrogen (secondary N) is 2. The van der Waals surface area contributed by atoms with Gasteiger partial charge >= 0.3 is 17.8 Å². The lowest BCUT2D eigenvalue weighted by atomic mass is 10.2. The summed E-state index contributed by atoms with van der Waals surface area (Å²) >= 11 is 5.99. The average molecular weight is 436 g/mol. The van der Waals surface area contributed by atoms with E-state index in [0.29, 0.717) is 22.0 Å². The molecule has 2 amide bonds. The molecule has 0 aliphatic carbocycles. The summed E-state index contributed by atoms with van der Waals surface area (Å²) in [4.78, 5) is 36.0. The predicted octanol–water partition coefficient (Wildman–Crippen LogP) is 3.96. The molecule has 0 saturated heterocycles. The molecule has 3 aromatic rings. The lowest BCUT2D eigenvalue weighted by Gasteiger charge is -2.06. The molecular formula is C23H18ClN3O4. The van der Waals surface area contributed by atoms with Crippen molar-refractivity contribution in [2.45, 2.75) is 6.92 Å². The molecule has 8 heteroatoms. The maximum absolute atomic E-state index is 12.2. The lowest BCUT2D eigenvalue weighted by molar-refractivity contribution is -0.136. The Morgan fingerprint density at radius 1 is 0.903 bits per heavy atom. The first-order valence-electron chi connectivity index (χ1n) is 9.21. The second kappa shape index (κ2) is 10.2. The molecule has 7 nitrogen and oxygen atoms in total. The number of hydrazone groups is 1. The van der Waals surface area contributed by atoms with Crippen molar-refractivity contribution in [1.82, 2.24) is 5.43 Å². The molecule has 0 atom stereocenters. The van der Waals surface area contributed by atoms with E-state index >= 15 is 0 Å². The van der Waals surface area contributed by atoms with Crippen molar-refractivity contribution in [3.05, 3.63) is 94.5 Å². The first-order chi connectivity index (χ1) is 14.9. The van der Waals surface area contributed by atoms with Crippen molar-refractivity contribution in [1.29, 1.82) is 0 Å². The van der Waals surface area contributed by atoms with Gasteiger partial charge in [0.1, 0.15) is 5.75 Å². The summed E-state index contributed by atoms with van der Waals surface area (Å²) in [5, 5.41) is 6.59. The van der Waals surface area contributed by atoms with E-state index in [2.05, 4.69) is 15.8 Å². The number of benzene rings is 3. The molecule has 0 radical (unpaired) electrons. The quantitative estimate of drug-likeness (QED) is 0.208. The third-order valence-electron chi connectivity index (χ3n) is 4.16. The normalized spacial score (nSPS) is 10.5. The van der Waals surface area contributed by atoms with Gasteiger partial charge in [-0.1, -0.05) is 41.9 Å². The number of esters is 1. The number of carbonyl (C=O) groups is 3. The number of para-hydroxylation sites is 1. The molecule has 0 heterocycles. The topological polar surface area (TPSA) is 96.9 Å². The van der Waals surface area contributed by atoms with Crippen molar-refractivity contribution in [2.24, 2.45) is 5.10 Å². The third-order valence-corrected chi connectivity index (χ3v) is 4.49. The SMILES string of the molecule is Cc1ccccc1NC(=O)C(=O)N/N=C/c1ccc(OC(=O)c2ccccc2Cl)cc1. The minimum atomic E-state index is -0.898. The molecule has 3 aromatic carbocycles. The van der Waals surface area contributed by atoms with Crippen LogP contribution in [0.2, 0.25) is 5.02 Å². The molecule has 2 N–H and O–H groups in total. The fourth-order valence-electron chi connectivity index (χ4n) is 2.52. The molecule has 0 aliphatic heterocycles. The van der Waals surface area contributed by atoms with Gasteiger partial charge in [-0.15, -0.1) is 0 Å². The average Bonchev–Trinajstić information content (AvgIpc) is 2.76. The lowest BCUT2D eigenvalue weighted by Crippen LogP contribution is -2.32. The van der Waals surface area contributed by atoms with Gasteiger partial charge in [0, 0.05) is 5.69 Å².